The SMILES string of the molecule is CC1(C)CCC(c2ccc(Cl)cc2)=C(CN2CCN(c3ccc(Cn4c(=N)n(CCCOc5ccc(F)cc5)c5ccccc54)cc3)CC2)C1. The zero-order valence-electron chi connectivity index (χ0n) is 29.2. The summed E-state index contributed by atoms with van der Waals surface area (Å²) in [5.74, 6) is 0.380. The number of aromatic nitrogens is 2. The summed E-state index contributed by atoms with van der Waals surface area (Å²) >= 11 is 6.21. The number of imidazole rings is 1. The monoisotopic (exact) mass is 691 g/mol. The number of benzene rings is 4. The highest BCUT2D eigenvalue weighted by molar-refractivity contribution is 6.30. The number of fused-ring (bicyclic) bond motifs is 1. The van der Waals surface area contributed by atoms with Crippen LogP contribution < -0.4 is 15.3 Å². The summed E-state index contributed by atoms with van der Waals surface area (Å²) in [6, 6.07) is 31.7. The average molecular weight is 692 g/mol. The molecule has 8 heteroatoms. The fourth-order valence-corrected chi connectivity index (χ4v) is 7.74. The molecule has 50 heavy (non-hydrogen) atoms. The summed E-state index contributed by atoms with van der Waals surface area (Å²) < 4.78 is 23.2. The van der Waals surface area contributed by atoms with E-state index in [1.54, 1.807) is 17.7 Å². The molecule has 260 valence electrons. The fourth-order valence-electron chi connectivity index (χ4n) is 7.62. The van der Waals surface area contributed by atoms with Crippen molar-refractivity contribution in [1.82, 2.24) is 14.0 Å². The second-order valence-electron chi connectivity index (χ2n) is 14.6. The average Bonchev–Trinajstić information content (AvgIpc) is 3.38. The molecule has 0 spiro atoms. The van der Waals surface area contributed by atoms with Crippen molar-refractivity contribution in [3.8, 4) is 5.75 Å². The van der Waals surface area contributed by atoms with Gasteiger partial charge < -0.3 is 18.8 Å². The molecule has 4 aromatic carbocycles. The number of hydrogen-bond donors (Lipinski definition) is 1. The van der Waals surface area contributed by atoms with Crippen LogP contribution in [0.15, 0.2) is 103 Å². The van der Waals surface area contributed by atoms with Crippen LogP contribution in [0.2, 0.25) is 5.02 Å². The zero-order valence-corrected chi connectivity index (χ0v) is 29.9. The third-order valence-corrected chi connectivity index (χ3v) is 10.6. The maximum Gasteiger partial charge on any atom is 0.203 e. The van der Waals surface area contributed by atoms with E-state index in [0.717, 1.165) is 68.0 Å². The van der Waals surface area contributed by atoms with Gasteiger partial charge in [0, 0.05) is 50.0 Å². The highest BCUT2D eigenvalue weighted by Gasteiger charge is 2.29. The minimum Gasteiger partial charge on any atom is -0.494 e. The lowest BCUT2D eigenvalue weighted by atomic mass is 9.73. The van der Waals surface area contributed by atoms with Crippen LogP contribution in [0.25, 0.3) is 16.6 Å². The van der Waals surface area contributed by atoms with Crippen LogP contribution in [0.5, 0.6) is 5.75 Å². The zero-order chi connectivity index (χ0) is 34.7. The first-order valence-corrected chi connectivity index (χ1v) is 18.2. The lowest BCUT2D eigenvalue weighted by Gasteiger charge is -2.39. The largest absolute Gasteiger partial charge is 0.494 e. The summed E-state index contributed by atoms with van der Waals surface area (Å²) in [6.45, 7) is 11.8. The fraction of sp³-hybridized carbons (Fsp3) is 0.357. The van der Waals surface area contributed by atoms with Crippen LogP contribution in [0.3, 0.4) is 0 Å². The second-order valence-corrected chi connectivity index (χ2v) is 15.0. The van der Waals surface area contributed by atoms with Crippen LogP contribution in [0.1, 0.15) is 50.7 Å². The van der Waals surface area contributed by atoms with Gasteiger partial charge in [0.05, 0.1) is 24.2 Å². The molecule has 0 amide bonds. The number of aryl methyl sites for hydroxylation is 1. The maximum absolute atomic E-state index is 13.2. The molecule has 2 aliphatic rings. The number of halogens is 2. The lowest BCUT2D eigenvalue weighted by molar-refractivity contribution is 0.256. The van der Waals surface area contributed by atoms with Crippen molar-refractivity contribution in [2.75, 3.05) is 44.2 Å². The van der Waals surface area contributed by atoms with Gasteiger partial charge in [0.2, 0.25) is 5.62 Å². The summed E-state index contributed by atoms with van der Waals surface area (Å²) in [5, 5.41) is 9.87. The van der Waals surface area contributed by atoms with Gasteiger partial charge in [-0.2, -0.15) is 0 Å². The van der Waals surface area contributed by atoms with Crippen LogP contribution >= 0.6 is 11.6 Å². The summed E-state index contributed by atoms with van der Waals surface area (Å²) in [7, 11) is 0. The van der Waals surface area contributed by atoms with E-state index in [0.29, 0.717) is 36.5 Å². The highest BCUT2D eigenvalue weighted by atomic mass is 35.5. The van der Waals surface area contributed by atoms with Crippen LogP contribution in [0.4, 0.5) is 10.1 Å². The maximum atomic E-state index is 13.2. The number of nitrogens with zero attached hydrogens (tertiary/aromatic N) is 4. The third kappa shape index (κ3) is 7.85. The van der Waals surface area contributed by atoms with Crippen LogP contribution in [-0.4, -0.2) is 53.4 Å². The molecule has 1 fully saturated rings. The number of nitrogens with one attached hydrogen (secondary N) is 1. The molecule has 1 N–H and O–H groups in total. The second kappa shape index (κ2) is 14.9. The standard InChI is InChI=1S/C42H47ClFN5O/c1-42(2)21-20-38(32-10-12-34(43)13-11-32)33(28-42)30-46-23-25-47(26-24-46)36-16-8-31(9-17-36)29-49-40-7-4-3-6-39(40)48(41(49)45)22-5-27-50-37-18-14-35(44)15-19-37/h3-4,6-19,45H,5,20-30H2,1-2H3. The van der Waals surface area contributed by atoms with E-state index in [4.69, 9.17) is 21.7 Å². The van der Waals surface area contributed by atoms with Crippen molar-refractivity contribution in [2.24, 2.45) is 5.41 Å². The number of anilines is 1. The molecule has 0 unspecified atom stereocenters. The predicted molar refractivity (Wildman–Crippen MR) is 202 cm³/mol. The Kier molecular flexibility index (Phi) is 10.2. The van der Waals surface area contributed by atoms with Crippen molar-refractivity contribution in [3.05, 3.63) is 130 Å². The minimum atomic E-state index is -0.273. The number of rotatable bonds is 11. The van der Waals surface area contributed by atoms with Crippen LogP contribution in [-0.2, 0) is 13.1 Å². The normalized spacial score (nSPS) is 16.7. The molecule has 0 atom stereocenters. The highest BCUT2D eigenvalue weighted by Crippen LogP contribution is 2.43. The number of para-hydroxylation sites is 2. The third-order valence-electron chi connectivity index (χ3n) is 10.4. The molecule has 1 aliphatic heterocycles. The van der Waals surface area contributed by atoms with E-state index in [-0.39, 0.29) is 5.82 Å². The first-order valence-electron chi connectivity index (χ1n) is 17.9. The Hall–Kier alpha value is -4.33. The van der Waals surface area contributed by atoms with Crippen molar-refractivity contribution in [2.45, 2.75) is 52.6 Å². The van der Waals surface area contributed by atoms with E-state index < -0.39 is 0 Å². The molecule has 2 heterocycles. The molecule has 0 saturated carbocycles. The molecule has 1 saturated heterocycles. The van der Waals surface area contributed by atoms with Gasteiger partial charge in [-0.25, -0.2) is 4.39 Å². The van der Waals surface area contributed by atoms with Crippen molar-refractivity contribution < 1.29 is 9.13 Å². The molecule has 5 aromatic rings. The quantitative estimate of drug-likeness (QED) is 0.141. The summed E-state index contributed by atoms with van der Waals surface area (Å²) in [6.07, 6.45) is 4.24. The van der Waals surface area contributed by atoms with Gasteiger partial charge in [-0.15, -0.1) is 0 Å². The molecule has 6 nitrogen and oxygen atoms in total. The smallest absolute Gasteiger partial charge is 0.203 e. The van der Waals surface area contributed by atoms with Gasteiger partial charge in [-0.3, -0.25) is 10.3 Å². The Morgan fingerprint density at radius 2 is 1.48 bits per heavy atom. The van der Waals surface area contributed by atoms with E-state index in [2.05, 4.69) is 81.3 Å². The Balaban J connectivity index is 0.973. The van der Waals surface area contributed by atoms with Gasteiger partial charge >= 0.3 is 0 Å². The first kappa shape index (κ1) is 34.1. The molecular formula is C42H47ClFN5O. The van der Waals surface area contributed by atoms with Gasteiger partial charge in [-0.1, -0.05) is 67.4 Å². The summed E-state index contributed by atoms with van der Waals surface area (Å²) in [4.78, 5) is 5.14. The molecule has 1 aliphatic carbocycles. The van der Waals surface area contributed by atoms with Gasteiger partial charge in [0.1, 0.15) is 11.6 Å². The first-order chi connectivity index (χ1) is 24.2. The molecular weight excluding hydrogens is 645 g/mol. The van der Waals surface area contributed by atoms with Crippen molar-refractivity contribution >= 4 is 33.9 Å². The molecule has 0 radical (unpaired) electrons. The van der Waals surface area contributed by atoms with E-state index in [9.17, 15) is 4.39 Å². The minimum absolute atomic E-state index is 0.273. The molecule has 0 bridgehead atoms. The number of piperazine rings is 1. The number of ether oxygens (including phenoxy) is 1. The van der Waals surface area contributed by atoms with Crippen molar-refractivity contribution in [3.63, 3.8) is 0 Å². The Morgan fingerprint density at radius 3 is 2.18 bits per heavy atom. The Bertz CT molecular complexity index is 2000. The number of allylic oxidation sites excluding steroid dienone is 1. The van der Waals surface area contributed by atoms with Gasteiger partial charge in [0.15, 0.2) is 0 Å². The van der Waals surface area contributed by atoms with E-state index in [1.165, 1.54) is 40.9 Å². The molecule has 7 rings (SSSR count). The molecule has 1 aromatic heterocycles. The summed E-state index contributed by atoms with van der Waals surface area (Å²) in [5.41, 5.74) is 9.77. The Labute approximate surface area is 299 Å². The lowest BCUT2D eigenvalue weighted by Crippen LogP contribution is -2.47. The van der Waals surface area contributed by atoms with E-state index >= 15 is 0 Å². The van der Waals surface area contributed by atoms with Gasteiger partial charge in [0.25, 0.3) is 0 Å². The van der Waals surface area contributed by atoms with Crippen LogP contribution in [0, 0.1) is 16.6 Å². The topological polar surface area (TPSA) is 49.4 Å². The predicted octanol–water partition coefficient (Wildman–Crippen LogP) is 9.02. The van der Waals surface area contributed by atoms with Gasteiger partial charge in [-0.05, 0) is 108 Å². The van der Waals surface area contributed by atoms with E-state index in [1.807, 2.05) is 24.3 Å². The number of hydrogen-bond acceptors (Lipinski definition) is 4. The van der Waals surface area contributed by atoms with Crippen molar-refractivity contribution in [1.29, 1.82) is 5.41 Å². The Morgan fingerprint density at radius 1 is 0.800 bits per heavy atom.